The first kappa shape index (κ1) is 8.52. The summed E-state index contributed by atoms with van der Waals surface area (Å²) < 4.78 is 4.88. The van der Waals surface area contributed by atoms with E-state index in [4.69, 9.17) is 9.84 Å². The first-order chi connectivity index (χ1) is 5.65. The molecule has 1 heterocycles. The Bertz CT molecular complexity index is 309. The number of hydrogen-bond acceptors (Lipinski definition) is 3. The first-order valence-corrected chi connectivity index (χ1v) is 3.39. The lowest BCUT2D eigenvalue weighted by atomic mass is 10.2. The van der Waals surface area contributed by atoms with Crippen molar-refractivity contribution in [3.05, 3.63) is 23.4 Å². The van der Waals surface area contributed by atoms with Crippen molar-refractivity contribution >= 4 is 5.97 Å². The smallest absolute Gasteiger partial charge is 0.337 e. The molecular formula is C8H9NO3. The van der Waals surface area contributed by atoms with Crippen molar-refractivity contribution in [3.63, 3.8) is 0 Å². The Hall–Kier alpha value is -1.58. The number of nitrogens with zero attached hydrogens (tertiary/aromatic N) is 1. The van der Waals surface area contributed by atoms with E-state index in [1.54, 1.807) is 6.92 Å². The predicted octanol–water partition coefficient (Wildman–Crippen LogP) is 1.10. The molecule has 0 aliphatic carbocycles. The zero-order valence-corrected chi connectivity index (χ0v) is 6.87. The van der Waals surface area contributed by atoms with Crippen molar-refractivity contribution in [3.8, 4) is 5.88 Å². The third kappa shape index (κ3) is 1.53. The molecule has 4 heteroatoms. The molecule has 1 aromatic rings. The van der Waals surface area contributed by atoms with Crippen LogP contribution < -0.4 is 4.74 Å². The van der Waals surface area contributed by atoms with Gasteiger partial charge in [0, 0.05) is 11.8 Å². The molecule has 0 atom stereocenters. The van der Waals surface area contributed by atoms with Gasteiger partial charge in [-0.1, -0.05) is 0 Å². The number of rotatable bonds is 2. The Morgan fingerprint density at radius 2 is 2.33 bits per heavy atom. The van der Waals surface area contributed by atoms with Gasteiger partial charge < -0.3 is 9.84 Å². The molecule has 64 valence electrons. The van der Waals surface area contributed by atoms with Gasteiger partial charge in [0.2, 0.25) is 5.88 Å². The zero-order chi connectivity index (χ0) is 9.14. The van der Waals surface area contributed by atoms with Crippen LogP contribution in [0.15, 0.2) is 12.3 Å². The number of hydrogen-bond donors (Lipinski definition) is 1. The van der Waals surface area contributed by atoms with E-state index in [1.807, 2.05) is 0 Å². The largest absolute Gasteiger partial charge is 0.481 e. The summed E-state index contributed by atoms with van der Waals surface area (Å²) in [5, 5.41) is 8.59. The molecule has 12 heavy (non-hydrogen) atoms. The highest BCUT2D eigenvalue weighted by Crippen LogP contribution is 2.14. The average molecular weight is 167 g/mol. The number of methoxy groups -OCH3 is 1. The molecule has 1 aromatic heterocycles. The van der Waals surface area contributed by atoms with Crippen LogP contribution in [0.25, 0.3) is 0 Å². The third-order valence-electron chi connectivity index (χ3n) is 1.47. The first-order valence-electron chi connectivity index (χ1n) is 3.39. The summed E-state index contributed by atoms with van der Waals surface area (Å²) in [5.41, 5.74) is 0.894. The van der Waals surface area contributed by atoms with Crippen molar-refractivity contribution in [2.24, 2.45) is 0 Å². The average Bonchev–Trinajstić information content (AvgIpc) is 2.04. The van der Waals surface area contributed by atoms with E-state index in [0.29, 0.717) is 5.88 Å². The second-order valence-electron chi connectivity index (χ2n) is 2.36. The summed E-state index contributed by atoms with van der Waals surface area (Å²) in [5.74, 6) is -0.520. The van der Waals surface area contributed by atoms with E-state index >= 15 is 0 Å². The van der Waals surface area contributed by atoms with Crippen molar-refractivity contribution in [1.29, 1.82) is 0 Å². The highest BCUT2D eigenvalue weighted by molar-refractivity contribution is 5.87. The van der Waals surface area contributed by atoms with Gasteiger partial charge >= 0.3 is 5.97 Å². The van der Waals surface area contributed by atoms with Gasteiger partial charge in [0.1, 0.15) is 0 Å². The number of aromatic nitrogens is 1. The summed E-state index contributed by atoms with van der Waals surface area (Å²) in [4.78, 5) is 14.3. The summed E-state index contributed by atoms with van der Waals surface area (Å²) in [6.07, 6.45) is 1.27. The molecule has 0 saturated heterocycles. The number of carboxylic acids is 1. The Labute approximate surface area is 69.8 Å². The topological polar surface area (TPSA) is 59.4 Å². The molecule has 0 fully saturated rings. The third-order valence-corrected chi connectivity index (χ3v) is 1.47. The fourth-order valence-corrected chi connectivity index (χ4v) is 0.893. The molecule has 0 aliphatic heterocycles. The Morgan fingerprint density at radius 1 is 1.67 bits per heavy atom. The SMILES string of the molecule is COc1ncc(C(=O)O)cc1C. The molecule has 0 aliphatic rings. The fourth-order valence-electron chi connectivity index (χ4n) is 0.893. The molecule has 0 aromatic carbocycles. The van der Waals surface area contributed by atoms with Gasteiger partial charge in [-0.2, -0.15) is 0 Å². The van der Waals surface area contributed by atoms with E-state index in [1.165, 1.54) is 19.4 Å². The molecule has 0 saturated carbocycles. The fraction of sp³-hybridized carbons (Fsp3) is 0.250. The van der Waals surface area contributed by atoms with Gasteiger partial charge in [-0.15, -0.1) is 0 Å². The predicted molar refractivity (Wildman–Crippen MR) is 42.5 cm³/mol. The summed E-state index contributed by atoms with van der Waals surface area (Å²) >= 11 is 0. The van der Waals surface area contributed by atoms with Crippen molar-refractivity contribution in [2.45, 2.75) is 6.92 Å². The Morgan fingerprint density at radius 3 is 2.75 bits per heavy atom. The maximum atomic E-state index is 10.5. The van der Waals surface area contributed by atoms with Crippen LogP contribution in [0.1, 0.15) is 15.9 Å². The molecule has 0 bridgehead atoms. The van der Waals surface area contributed by atoms with E-state index in [2.05, 4.69) is 4.98 Å². The van der Waals surface area contributed by atoms with Gasteiger partial charge in [0.05, 0.1) is 12.7 Å². The quantitative estimate of drug-likeness (QED) is 0.716. The molecule has 0 spiro atoms. The van der Waals surface area contributed by atoms with Crippen LogP contribution in [-0.2, 0) is 0 Å². The van der Waals surface area contributed by atoms with Crippen LogP contribution in [0.3, 0.4) is 0 Å². The summed E-state index contributed by atoms with van der Waals surface area (Å²) in [7, 11) is 1.50. The molecule has 1 N–H and O–H groups in total. The molecule has 1 rings (SSSR count). The number of ether oxygens (including phenoxy) is 1. The van der Waals surface area contributed by atoms with Crippen molar-refractivity contribution in [2.75, 3.05) is 7.11 Å². The highest BCUT2D eigenvalue weighted by atomic mass is 16.5. The number of carbonyl (C=O) groups is 1. The van der Waals surface area contributed by atoms with Crippen LogP contribution in [0.5, 0.6) is 5.88 Å². The number of pyridine rings is 1. The molecule has 0 amide bonds. The lowest BCUT2D eigenvalue weighted by Gasteiger charge is -2.02. The maximum absolute atomic E-state index is 10.5. The van der Waals surface area contributed by atoms with Gasteiger partial charge in [0.15, 0.2) is 0 Å². The standard InChI is InChI=1S/C8H9NO3/c1-5-3-6(8(10)11)4-9-7(5)12-2/h3-4H,1-2H3,(H,10,11). The van der Waals surface area contributed by atoms with Crippen molar-refractivity contribution in [1.82, 2.24) is 4.98 Å². The zero-order valence-electron chi connectivity index (χ0n) is 6.87. The molecule has 0 radical (unpaired) electrons. The van der Waals surface area contributed by atoms with Crippen molar-refractivity contribution < 1.29 is 14.6 Å². The molecule has 0 unspecified atom stereocenters. The van der Waals surface area contributed by atoms with Gasteiger partial charge in [-0.3, -0.25) is 0 Å². The summed E-state index contributed by atoms with van der Waals surface area (Å²) in [6.45, 7) is 1.75. The number of carboxylic acid groups (broad SMARTS) is 1. The molecule has 4 nitrogen and oxygen atoms in total. The van der Waals surface area contributed by atoms with Gasteiger partial charge in [-0.05, 0) is 13.0 Å². The van der Waals surface area contributed by atoms with Crippen LogP contribution in [0.4, 0.5) is 0 Å². The number of aromatic carboxylic acids is 1. The van der Waals surface area contributed by atoms with E-state index in [0.717, 1.165) is 5.56 Å². The normalized spacial score (nSPS) is 9.50. The van der Waals surface area contributed by atoms with E-state index in [-0.39, 0.29) is 5.56 Å². The minimum absolute atomic E-state index is 0.174. The summed E-state index contributed by atoms with van der Waals surface area (Å²) in [6, 6.07) is 1.52. The maximum Gasteiger partial charge on any atom is 0.337 e. The Balaban J connectivity index is 3.10. The lowest BCUT2D eigenvalue weighted by molar-refractivity contribution is 0.0696. The Kier molecular flexibility index (Phi) is 2.28. The van der Waals surface area contributed by atoms with Crippen LogP contribution in [0.2, 0.25) is 0 Å². The minimum atomic E-state index is -0.978. The van der Waals surface area contributed by atoms with E-state index in [9.17, 15) is 4.79 Å². The van der Waals surface area contributed by atoms with Crippen LogP contribution in [-0.4, -0.2) is 23.2 Å². The van der Waals surface area contributed by atoms with E-state index < -0.39 is 5.97 Å². The second kappa shape index (κ2) is 3.21. The highest BCUT2D eigenvalue weighted by Gasteiger charge is 2.06. The molecular weight excluding hydrogens is 158 g/mol. The minimum Gasteiger partial charge on any atom is -0.481 e. The monoisotopic (exact) mass is 167 g/mol. The van der Waals surface area contributed by atoms with Gasteiger partial charge in [-0.25, -0.2) is 9.78 Å². The number of aryl methyl sites for hydroxylation is 1. The lowest BCUT2D eigenvalue weighted by Crippen LogP contribution is -1.99. The second-order valence-corrected chi connectivity index (χ2v) is 2.36. The van der Waals surface area contributed by atoms with Crippen LogP contribution in [0, 0.1) is 6.92 Å². The van der Waals surface area contributed by atoms with Crippen LogP contribution >= 0.6 is 0 Å². The van der Waals surface area contributed by atoms with Gasteiger partial charge in [0.25, 0.3) is 0 Å².